The lowest BCUT2D eigenvalue weighted by Crippen LogP contribution is -2.44. The molecule has 2 saturated heterocycles. The van der Waals surface area contributed by atoms with Gasteiger partial charge in [-0.15, -0.1) is 0 Å². The summed E-state index contributed by atoms with van der Waals surface area (Å²) in [5.74, 6) is 2.05. The van der Waals surface area contributed by atoms with Crippen LogP contribution < -0.4 is 0 Å². The van der Waals surface area contributed by atoms with E-state index >= 15 is 0 Å². The van der Waals surface area contributed by atoms with E-state index in [9.17, 15) is 0 Å². The van der Waals surface area contributed by atoms with E-state index in [1.807, 2.05) is 0 Å². The molecule has 0 amide bonds. The van der Waals surface area contributed by atoms with E-state index in [2.05, 4.69) is 32.3 Å². The van der Waals surface area contributed by atoms with E-state index in [0.717, 1.165) is 11.8 Å². The molecule has 3 unspecified atom stereocenters. The van der Waals surface area contributed by atoms with Gasteiger partial charge in [0.05, 0.1) is 0 Å². The van der Waals surface area contributed by atoms with Gasteiger partial charge in [-0.05, 0) is 36.5 Å². The van der Waals surface area contributed by atoms with Crippen LogP contribution in [0.2, 0.25) is 0 Å². The largest absolute Gasteiger partial charge is 0.293 e. The third-order valence-electron chi connectivity index (χ3n) is 4.50. The van der Waals surface area contributed by atoms with E-state index in [4.69, 9.17) is 0 Å². The topological polar surface area (TPSA) is 3.24 Å². The average Bonchev–Trinajstić information content (AvgIpc) is 2.64. The molecule has 2 aliphatic heterocycles. The standard InChI is InChI=1S/C14H23N/c1-10-6-14(9-13(2,3)4)12-5-11(12)8-15(14)7-10/h11-12H,1,5-9H2,2-4H3. The van der Waals surface area contributed by atoms with E-state index in [0.29, 0.717) is 11.0 Å². The zero-order chi connectivity index (χ0) is 10.8. The van der Waals surface area contributed by atoms with Crippen LogP contribution in [0.5, 0.6) is 0 Å². The molecule has 0 aromatic heterocycles. The van der Waals surface area contributed by atoms with Gasteiger partial charge in [-0.2, -0.15) is 0 Å². The van der Waals surface area contributed by atoms with Crippen molar-refractivity contribution in [2.75, 3.05) is 13.1 Å². The molecule has 3 rings (SSSR count). The van der Waals surface area contributed by atoms with Crippen LogP contribution >= 0.6 is 0 Å². The zero-order valence-electron chi connectivity index (χ0n) is 10.3. The third-order valence-corrected chi connectivity index (χ3v) is 4.50. The van der Waals surface area contributed by atoms with Gasteiger partial charge in [-0.25, -0.2) is 0 Å². The molecule has 0 spiro atoms. The molecule has 84 valence electrons. The van der Waals surface area contributed by atoms with Gasteiger partial charge in [0.1, 0.15) is 0 Å². The summed E-state index contributed by atoms with van der Waals surface area (Å²) in [4.78, 5) is 2.75. The molecule has 3 aliphatic rings. The monoisotopic (exact) mass is 205 g/mol. The lowest BCUT2D eigenvalue weighted by Gasteiger charge is -2.39. The van der Waals surface area contributed by atoms with Crippen LogP contribution in [0.25, 0.3) is 0 Å². The molecule has 3 atom stereocenters. The van der Waals surface area contributed by atoms with Gasteiger partial charge in [0.2, 0.25) is 0 Å². The second-order valence-electron chi connectivity index (χ2n) is 7.25. The normalized spacial score (nSPS) is 44.3. The van der Waals surface area contributed by atoms with Crippen molar-refractivity contribution in [2.24, 2.45) is 17.3 Å². The SMILES string of the molecule is C=C1CN2CC3CC3C2(CC(C)(C)C)C1. The Labute approximate surface area is 93.5 Å². The number of piperidine rings is 1. The fourth-order valence-corrected chi connectivity index (χ4v) is 4.25. The van der Waals surface area contributed by atoms with Gasteiger partial charge < -0.3 is 0 Å². The quantitative estimate of drug-likeness (QED) is 0.595. The number of fused-ring (bicyclic) bond motifs is 3. The summed E-state index contributed by atoms with van der Waals surface area (Å²) < 4.78 is 0. The molecule has 0 aromatic rings. The van der Waals surface area contributed by atoms with Gasteiger partial charge in [0.25, 0.3) is 0 Å². The molecular formula is C14H23N. The second kappa shape index (κ2) is 2.68. The minimum atomic E-state index is 0.459. The fraction of sp³-hybridized carbons (Fsp3) is 0.857. The summed E-state index contributed by atoms with van der Waals surface area (Å²) in [6, 6.07) is 0. The van der Waals surface area contributed by atoms with Gasteiger partial charge >= 0.3 is 0 Å². The molecule has 0 bridgehead atoms. The zero-order valence-corrected chi connectivity index (χ0v) is 10.3. The van der Waals surface area contributed by atoms with Crippen molar-refractivity contribution in [1.82, 2.24) is 4.90 Å². The highest BCUT2D eigenvalue weighted by molar-refractivity contribution is 5.26. The summed E-state index contributed by atoms with van der Waals surface area (Å²) in [5.41, 5.74) is 2.46. The number of hydrogen-bond acceptors (Lipinski definition) is 1. The summed E-state index contributed by atoms with van der Waals surface area (Å²) in [5, 5.41) is 0. The Morgan fingerprint density at radius 3 is 2.87 bits per heavy atom. The first-order valence-corrected chi connectivity index (χ1v) is 6.32. The Morgan fingerprint density at radius 2 is 2.20 bits per heavy atom. The van der Waals surface area contributed by atoms with E-state index < -0.39 is 0 Å². The molecule has 1 nitrogen and oxygen atoms in total. The first-order valence-electron chi connectivity index (χ1n) is 6.32. The van der Waals surface area contributed by atoms with Crippen LogP contribution in [0, 0.1) is 17.3 Å². The second-order valence-corrected chi connectivity index (χ2v) is 7.25. The first-order chi connectivity index (χ1) is 6.91. The Hall–Kier alpha value is -0.300. The maximum absolute atomic E-state index is 4.22. The van der Waals surface area contributed by atoms with Gasteiger partial charge in [0, 0.05) is 18.6 Å². The summed E-state index contributed by atoms with van der Waals surface area (Å²) in [6.45, 7) is 13.9. The van der Waals surface area contributed by atoms with Crippen LogP contribution in [0.15, 0.2) is 12.2 Å². The summed E-state index contributed by atoms with van der Waals surface area (Å²) in [6.07, 6.45) is 4.14. The molecule has 3 fully saturated rings. The molecule has 1 saturated carbocycles. The lowest BCUT2D eigenvalue weighted by atomic mass is 9.75. The predicted molar refractivity (Wildman–Crippen MR) is 63.7 cm³/mol. The Morgan fingerprint density at radius 1 is 1.47 bits per heavy atom. The molecule has 1 heteroatoms. The van der Waals surface area contributed by atoms with E-state index in [1.165, 1.54) is 37.9 Å². The van der Waals surface area contributed by atoms with Crippen molar-refractivity contribution in [3.63, 3.8) is 0 Å². The Balaban J connectivity index is 1.89. The number of nitrogens with zero attached hydrogens (tertiary/aromatic N) is 1. The van der Waals surface area contributed by atoms with Gasteiger partial charge in [-0.3, -0.25) is 4.90 Å². The molecular weight excluding hydrogens is 182 g/mol. The van der Waals surface area contributed by atoms with Crippen molar-refractivity contribution >= 4 is 0 Å². The highest BCUT2D eigenvalue weighted by Crippen LogP contribution is 2.63. The highest BCUT2D eigenvalue weighted by atomic mass is 15.3. The van der Waals surface area contributed by atoms with Crippen molar-refractivity contribution < 1.29 is 0 Å². The molecule has 0 radical (unpaired) electrons. The maximum Gasteiger partial charge on any atom is 0.0286 e. The molecule has 2 heterocycles. The predicted octanol–water partition coefficient (Wildman–Crippen LogP) is 3.07. The molecule has 15 heavy (non-hydrogen) atoms. The number of hydrogen-bond donors (Lipinski definition) is 0. The fourth-order valence-electron chi connectivity index (χ4n) is 4.25. The smallest absolute Gasteiger partial charge is 0.0286 e. The van der Waals surface area contributed by atoms with Gasteiger partial charge in [-0.1, -0.05) is 32.9 Å². The first kappa shape index (κ1) is 9.89. The van der Waals surface area contributed by atoms with Crippen molar-refractivity contribution in [1.29, 1.82) is 0 Å². The molecule has 0 N–H and O–H groups in total. The number of rotatable bonds is 1. The van der Waals surface area contributed by atoms with Crippen LogP contribution in [-0.4, -0.2) is 23.5 Å². The minimum Gasteiger partial charge on any atom is -0.293 e. The Kier molecular flexibility index (Phi) is 1.77. The van der Waals surface area contributed by atoms with Crippen molar-refractivity contribution in [3.8, 4) is 0 Å². The summed E-state index contributed by atoms with van der Waals surface area (Å²) >= 11 is 0. The molecule has 0 aromatic carbocycles. The molecule has 1 aliphatic carbocycles. The van der Waals surface area contributed by atoms with Crippen LogP contribution in [0.3, 0.4) is 0 Å². The Bertz CT molecular complexity index is 312. The van der Waals surface area contributed by atoms with E-state index in [-0.39, 0.29) is 0 Å². The van der Waals surface area contributed by atoms with Crippen molar-refractivity contribution in [2.45, 2.75) is 45.6 Å². The minimum absolute atomic E-state index is 0.459. The van der Waals surface area contributed by atoms with Gasteiger partial charge in [0.15, 0.2) is 0 Å². The van der Waals surface area contributed by atoms with Crippen molar-refractivity contribution in [3.05, 3.63) is 12.2 Å². The maximum atomic E-state index is 4.22. The van der Waals surface area contributed by atoms with Crippen LogP contribution in [-0.2, 0) is 0 Å². The van der Waals surface area contributed by atoms with Crippen LogP contribution in [0.4, 0.5) is 0 Å². The summed E-state index contributed by atoms with van der Waals surface area (Å²) in [7, 11) is 0. The highest BCUT2D eigenvalue weighted by Gasteiger charge is 2.64. The third kappa shape index (κ3) is 1.39. The average molecular weight is 205 g/mol. The van der Waals surface area contributed by atoms with Crippen LogP contribution in [0.1, 0.15) is 40.0 Å². The lowest BCUT2D eigenvalue weighted by molar-refractivity contribution is 0.101. The van der Waals surface area contributed by atoms with E-state index in [1.54, 1.807) is 0 Å².